The Kier molecular flexibility index (Phi) is 2.80. The van der Waals surface area contributed by atoms with Crippen molar-refractivity contribution in [3.05, 3.63) is 35.9 Å². The maximum atomic E-state index is 11.0. The second-order valence-electron chi connectivity index (χ2n) is 2.93. The van der Waals surface area contributed by atoms with E-state index in [4.69, 9.17) is 11.1 Å². The summed E-state index contributed by atoms with van der Waals surface area (Å²) in [6, 6.07) is 9.12. The Morgan fingerprint density at radius 1 is 1.38 bits per heavy atom. The van der Waals surface area contributed by atoms with Gasteiger partial charge in [-0.25, -0.2) is 0 Å². The lowest BCUT2D eigenvalue weighted by Gasteiger charge is -2.11. The van der Waals surface area contributed by atoms with Crippen LogP contribution in [0.3, 0.4) is 0 Å². The number of rotatable bonds is 3. The van der Waals surface area contributed by atoms with E-state index in [1.165, 1.54) is 0 Å². The molecule has 3 nitrogen and oxygen atoms in total. The first kappa shape index (κ1) is 9.45. The van der Waals surface area contributed by atoms with Gasteiger partial charge in [-0.15, -0.1) is 0 Å². The molecule has 0 fully saturated rings. The lowest BCUT2D eigenvalue weighted by atomic mass is 9.94. The monoisotopic (exact) mass is 176 g/mol. The van der Waals surface area contributed by atoms with Gasteiger partial charge in [0.2, 0.25) is 5.91 Å². The quantitative estimate of drug-likeness (QED) is 0.669. The van der Waals surface area contributed by atoms with E-state index in [2.05, 4.69) is 0 Å². The second kappa shape index (κ2) is 3.85. The number of carbonyl (C=O) groups excluding carboxylic acids is 1. The summed E-state index contributed by atoms with van der Waals surface area (Å²) >= 11 is 0. The van der Waals surface area contributed by atoms with Crippen molar-refractivity contribution in [3.63, 3.8) is 0 Å². The number of amides is 1. The van der Waals surface area contributed by atoms with Crippen molar-refractivity contribution in [2.45, 2.75) is 12.8 Å². The standard InChI is InChI=1S/C10H12N2O/c1-7(11)9(10(12)13)8-5-3-2-4-6-8/h2-6,9,11H,1H3,(H2,12,13). The van der Waals surface area contributed by atoms with Gasteiger partial charge in [-0.3, -0.25) is 4.79 Å². The normalized spacial score (nSPS) is 12.1. The van der Waals surface area contributed by atoms with Gasteiger partial charge in [0.15, 0.2) is 0 Å². The minimum atomic E-state index is -0.582. The smallest absolute Gasteiger partial charge is 0.230 e. The summed E-state index contributed by atoms with van der Waals surface area (Å²) in [5.41, 5.74) is 6.25. The summed E-state index contributed by atoms with van der Waals surface area (Å²) in [6.45, 7) is 1.59. The van der Waals surface area contributed by atoms with Crippen molar-refractivity contribution in [3.8, 4) is 0 Å². The largest absolute Gasteiger partial charge is 0.369 e. The molecule has 0 aliphatic carbocycles. The minimum absolute atomic E-state index is 0.277. The van der Waals surface area contributed by atoms with Gasteiger partial charge in [-0.05, 0) is 12.5 Å². The molecule has 1 aromatic carbocycles. The first-order chi connectivity index (χ1) is 6.13. The third-order valence-electron chi connectivity index (χ3n) is 1.85. The third-order valence-corrected chi connectivity index (χ3v) is 1.85. The van der Waals surface area contributed by atoms with Gasteiger partial charge in [0.05, 0.1) is 5.92 Å². The molecule has 0 saturated heterocycles. The predicted octanol–water partition coefficient (Wildman–Crippen LogP) is 1.30. The topological polar surface area (TPSA) is 66.9 Å². The average molecular weight is 176 g/mol. The lowest BCUT2D eigenvalue weighted by Crippen LogP contribution is -2.26. The third kappa shape index (κ3) is 2.15. The summed E-state index contributed by atoms with van der Waals surface area (Å²) in [6.07, 6.45) is 0. The molecule has 1 aromatic rings. The molecule has 3 heteroatoms. The summed E-state index contributed by atoms with van der Waals surface area (Å²) in [7, 11) is 0. The summed E-state index contributed by atoms with van der Waals surface area (Å²) in [4.78, 5) is 11.0. The van der Waals surface area contributed by atoms with Crippen molar-refractivity contribution < 1.29 is 4.79 Å². The van der Waals surface area contributed by atoms with Crippen LogP contribution in [-0.4, -0.2) is 11.6 Å². The molecule has 68 valence electrons. The van der Waals surface area contributed by atoms with Crippen molar-refractivity contribution in [1.29, 1.82) is 5.41 Å². The van der Waals surface area contributed by atoms with Crippen LogP contribution < -0.4 is 5.73 Å². The Balaban J connectivity index is 3.03. The SMILES string of the molecule is CC(=N)C(C(N)=O)c1ccccc1. The molecule has 1 unspecified atom stereocenters. The number of primary amides is 1. The van der Waals surface area contributed by atoms with E-state index in [9.17, 15) is 4.79 Å². The molecule has 3 N–H and O–H groups in total. The summed E-state index contributed by atoms with van der Waals surface area (Å²) < 4.78 is 0. The van der Waals surface area contributed by atoms with E-state index >= 15 is 0 Å². The van der Waals surface area contributed by atoms with Crippen LogP contribution in [0.25, 0.3) is 0 Å². The molecule has 0 radical (unpaired) electrons. The highest BCUT2D eigenvalue weighted by atomic mass is 16.1. The van der Waals surface area contributed by atoms with Crippen molar-refractivity contribution in [1.82, 2.24) is 0 Å². The molecule has 1 rings (SSSR count). The van der Waals surface area contributed by atoms with E-state index in [0.29, 0.717) is 0 Å². The van der Waals surface area contributed by atoms with Crippen molar-refractivity contribution >= 4 is 11.6 Å². The second-order valence-corrected chi connectivity index (χ2v) is 2.93. The van der Waals surface area contributed by atoms with Gasteiger partial charge in [-0.1, -0.05) is 30.3 Å². The molecule has 0 aromatic heterocycles. The minimum Gasteiger partial charge on any atom is -0.369 e. The Hall–Kier alpha value is -1.64. The van der Waals surface area contributed by atoms with Crippen LogP contribution in [0.15, 0.2) is 30.3 Å². The van der Waals surface area contributed by atoms with Gasteiger partial charge in [0, 0.05) is 5.71 Å². The average Bonchev–Trinajstić information content (AvgIpc) is 2.04. The van der Waals surface area contributed by atoms with E-state index in [-0.39, 0.29) is 5.71 Å². The zero-order chi connectivity index (χ0) is 9.84. The fraction of sp³-hybridized carbons (Fsp3) is 0.200. The van der Waals surface area contributed by atoms with E-state index in [1.807, 2.05) is 18.2 Å². The maximum absolute atomic E-state index is 11.0. The fourth-order valence-electron chi connectivity index (χ4n) is 1.27. The molecule has 0 saturated carbocycles. The van der Waals surface area contributed by atoms with E-state index in [0.717, 1.165) is 5.56 Å². The summed E-state index contributed by atoms with van der Waals surface area (Å²) in [5.74, 6) is -1.06. The predicted molar refractivity (Wildman–Crippen MR) is 51.8 cm³/mol. The van der Waals surface area contributed by atoms with Crippen LogP contribution in [0.2, 0.25) is 0 Å². The number of carbonyl (C=O) groups is 1. The van der Waals surface area contributed by atoms with Crippen LogP contribution in [0.5, 0.6) is 0 Å². The number of hydrogen-bond acceptors (Lipinski definition) is 2. The van der Waals surface area contributed by atoms with Crippen molar-refractivity contribution in [2.75, 3.05) is 0 Å². The Morgan fingerprint density at radius 2 is 1.92 bits per heavy atom. The lowest BCUT2D eigenvalue weighted by molar-refractivity contribution is -0.118. The Bertz CT molecular complexity index is 305. The fourth-order valence-corrected chi connectivity index (χ4v) is 1.27. The molecule has 1 amide bonds. The molecule has 0 aliphatic heterocycles. The molecule has 0 bridgehead atoms. The molecule has 0 spiro atoms. The van der Waals surface area contributed by atoms with Crippen molar-refractivity contribution in [2.24, 2.45) is 5.73 Å². The molecule has 0 heterocycles. The zero-order valence-electron chi connectivity index (χ0n) is 7.45. The molecule has 0 aliphatic rings. The molecule has 1 atom stereocenters. The molecular weight excluding hydrogens is 164 g/mol. The Labute approximate surface area is 77.1 Å². The maximum Gasteiger partial charge on any atom is 0.230 e. The number of nitrogens with one attached hydrogen (secondary N) is 1. The van der Waals surface area contributed by atoms with Gasteiger partial charge < -0.3 is 11.1 Å². The van der Waals surface area contributed by atoms with Gasteiger partial charge >= 0.3 is 0 Å². The summed E-state index contributed by atoms with van der Waals surface area (Å²) in [5, 5.41) is 7.42. The van der Waals surface area contributed by atoms with Crippen LogP contribution in [0.4, 0.5) is 0 Å². The number of nitrogens with two attached hydrogens (primary N) is 1. The first-order valence-corrected chi connectivity index (χ1v) is 4.02. The number of hydrogen-bond donors (Lipinski definition) is 2. The van der Waals surface area contributed by atoms with Crippen LogP contribution in [-0.2, 0) is 4.79 Å². The molecule has 13 heavy (non-hydrogen) atoms. The van der Waals surface area contributed by atoms with Crippen LogP contribution >= 0.6 is 0 Å². The van der Waals surface area contributed by atoms with Gasteiger partial charge in [0.25, 0.3) is 0 Å². The van der Waals surface area contributed by atoms with E-state index < -0.39 is 11.8 Å². The van der Waals surface area contributed by atoms with Crippen LogP contribution in [0.1, 0.15) is 18.4 Å². The first-order valence-electron chi connectivity index (χ1n) is 4.02. The highest BCUT2D eigenvalue weighted by molar-refractivity contribution is 6.06. The Morgan fingerprint density at radius 3 is 2.31 bits per heavy atom. The highest BCUT2D eigenvalue weighted by Crippen LogP contribution is 2.15. The zero-order valence-corrected chi connectivity index (χ0v) is 7.45. The van der Waals surface area contributed by atoms with E-state index in [1.54, 1.807) is 19.1 Å². The molecular formula is C10H12N2O. The number of benzene rings is 1. The highest BCUT2D eigenvalue weighted by Gasteiger charge is 2.19. The van der Waals surface area contributed by atoms with Crippen LogP contribution in [0, 0.1) is 5.41 Å². The van der Waals surface area contributed by atoms with Gasteiger partial charge in [-0.2, -0.15) is 0 Å². The van der Waals surface area contributed by atoms with Gasteiger partial charge in [0.1, 0.15) is 0 Å².